The van der Waals surface area contributed by atoms with E-state index in [-0.39, 0.29) is 11.8 Å². The van der Waals surface area contributed by atoms with E-state index in [0.29, 0.717) is 0 Å². The number of carbonyl (C=O) groups excluding carboxylic acids is 1. The molecule has 84 valence electrons. The second-order valence-electron chi connectivity index (χ2n) is 4.96. The van der Waals surface area contributed by atoms with Gasteiger partial charge in [0.2, 0.25) is 0 Å². The molecule has 3 nitrogen and oxygen atoms in total. The smallest absolute Gasteiger partial charge is 0.146 e. The lowest BCUT2D eigenvalue weighted by atomic mass is 10.1. The fraction of sp³-hybridized carbons (Fsp3) is 0.909. The number of nitrogens with zero attached hydrogens (tertiary/aromatic N) is 1. The van der Waals surface area contributed by atoms with Crippen LogP contribution in [-0.2, 0) is 4.79 Å². The second kappa shape index (κ2) is 6.14. The Bertz CT molecular complexity index is 173. The Hall–Kier alpha value is -0.410. The maximum Gasteiger partial charge on any atom is 0.146 e. The van der Waals surface area contributed by atoms with Crippen LogP contribution in [0, 0.1) is 0 Å². The molecule has 0 fully saturated rings. The Morgan fingerprint density at radius 1 is 1.29 bits per heavy atom. The molecular formula is C11H25N2O+. The Kier molecular flexibility index (Phi) is 5.96. The molecule has 0 aromatic rings. The number of nitrogens with one attached hydrogen (secondary N) is 1. The fourth-order valence-electron chi connectivity index (χ4n) is 1.49. The molecule has 0 aromatic carbocycles. The lowest BCUT2D eigenvalue weighted by Gasteiger charge is -2.24. The van der Waals surface area contributed by atoms with Gasteiger partial charge in [-0.15, -0.1) is 0 Å². The van der Waals surface area contributed by atoms with E-state index in [1.54, 1.807) is 6.92 Å². The topological polar surface area (TPSA) is 29.1 Å². The summed E-state index contributed by atoms with van der Waals surface area (Å²) >= 11 is 0. The number of ketones is 1. The van der Waals surface area contributed by atoms with Crippen LogP contribution < -0.4 is 5.32 Å². The van der Waals surface area contributed by atoms with Gasteiger partial charge in [0.1, 0.15) is 5.78 Å². The van der Waals surface area contributed by atoms with Gasteiger partial charge in [-0.3, -0.25) is 4.79 Å². The summed E-state index contributed by atoms with van der Waals surface area (Å²) in [6.07, 6.45) is 3.28. The van der Waals surface area contributed by atoms with Gasteiger partial charge in [-0.2, -0.15) is 0 Å². The molecule has 1 atom stereocenters. The first-order chi connectivity index (χ1) is 6.37. The van der Waals surface area contributed by atoms with E-state index in [2.05, 4.69) is 26.5 Å². The molecule has 0 heterocycles. The minimum atomic E-state index is 0.0578. The number of rotatable bonds is 7. The Balaban J connectivity index is 3.58. The SMILES string of the molecule is CNC(CCCC[N+](C)(C)C)C(C)=O. The number of likely N-dealkylation sites (N-methyl/N-ethyl adjacent to an activating group) is 1. The van der Waals surface area contributed by atoms with Crippen LogP contribution in [-0.4, -0.2) is 51.0 Å². The minimum absolute atomic E-state index is 0.0578. The summed E-state index contributed by atoms with van der Waals surface area (Å²) in [5.74, 6) is 0.248. The Labute approximate surface area is 88.1 Å². The zero-order valence-corrected chi connectivity index (χ0v) is 10.3. The Morgan fingerprint density at radius 3 is 2.21 bits per heavy atom. The van der Waals surface area contributed by atoms with Crippen molar-refractivity contribution in [2.24, 2.45) is 0 Å². The first-order valence-electron chi connectivity index (χ1n) is 5.35. The van der Waals surface area contributed by atoms with Crippen LogP contribution in [0.1, 0.15) is 26.2 Å². The molecule has 0 aliphatic carbocycles. The third kappa shape index (κ3) is 7.04. The quantitative estimate of drug-likeness (QED) is 0.492. The van der Waals surface area contributed by atoms with Crippen LogP contribution in [0.5, 0.6) is 0 Å². The highest BCUT2D eigenvalue weighted by atomic mass is 16.1. The van der Waals surface area contributed by atoms with Gasteiger partial charge in [-0.1, -0.05) is 0 Å². The van der Waals surface area contributed by atoms with E-state index in [0.717, 1.165) is 17.3 Å². The van der Waals surface area contributed by atoms with Gasteiger partial charge < -0.3 is 9.80 Å². The molecule has 0 radical (unpaired) electrons. The normalized spacial score (nSPS) is 14.1. The number of carbonyl (C=O) groups is 1. The fourth-order valence-corrected chi connectivity index (χ4v) is 1.49. The predicted molar refractivity (Wildman–Crippen MR) is 60.3 cm³/mol. The molecule has 1 N–H and O–H groups in total. The van der Waals surface area contributed by atoms with Crippen molar-refractivity contribution in [2.75, 3.05) is 34.7 Å². The van der Waals surface area contributed by atoms with E-state index in [1.807, 2.05) is 7.05 Å². The van der Waals surface area contributed by atoms with Crippen LogP contribution in [0.2, 0.25) is 0 Å². The van der Waals surface area contributed by atoms with Crippen molar-refractivity contribution in [2.45, 2.75) is 32.2 Å². The van der Waals surface area contributed by atoms with E-state index in [1.165, 1.54) is 13.0 Å². The first-order valence-corrected chi connectivity index (χ1v) is 5.35. The summed E-state index contributed by atoms with van der Waals surface area (Å²) in [5.41, 5.74) is 0. The summed E-state index contributed by atoms with van der Waals surface area (Å²) in [5, 5.41) is 3.04. The number of unbranched alkanes of at least 4 members (excludes halogenated alkanes) is 1. The number of hydrogen-bond donors (Lipinski definition) is 1. The van der Waals surface area contributed by atoms with Crippen LogP contribution >= 0.6 is 0 Å². The monoisotopic (exact) mass is 201 g/mol. The molecule has 0 saturated heterocycles. The van der Waals surface area contributed by atoms with E-state index < -0.39 is 0 Å². The summed E-state index contributed by atoms with van der Waals surface area (Å²) in [4.78, 5) is 11.1. The number of Topliss-reactive ketones (excluding diaryl/α,β-unsaturated/α-hetero) is 1. The summed E-state index contributed by atoms with van der Waals surface area (Å²) in [7, 11) is 8.44. The molecule has 0 spiro atoms. The van der Waals surface area contributed by atoms with Crippen molar-refractivity contribution < 1.29 is 9.28 Å². The summed E-state index contributed by atoms with van der Waals surface area (Å²) in [6.45, 7) is 2.83. The molecule has 0 amide bonds. The van der Waals surface area contributed by atoms with Gasteiger partial charge in [0.25, 0.3) is 0 Å². The van der Waals surface area contributed by atoms with Crippen molar-refractivity contribution in [3.63, 3.8) is 0 Å². The highest BCUT2D eigenvalue weighted by molar-refractivity contribution is 5.81. The second-order valence-corrected chi connectivity index (χ2v) is 4.96. The molecule has 14 heavy (non-hydrogen) atoms. The first kappa shape index (κ1) is 13.6. The summed E-state index contributed by atoms with van der Waals surface area (Å²) < 4.78 is 1.00. The van der Waals surface area contributed by atoms with Crippen LogP contribution in [0.25, 0.3) is 0 Å². The van der Waals surface area contributed by atoms with Crippen LogP contribution in [0.15, 0.2) is 0 Å². The molecule has 0 aliphatic rings. The van der Waals surface area contributed by atoms with Gasteiger partial charge in [0.05, 0.1) is 33.7 Å². The maximum atomic E-state index is 11.1. The lowest BCUT2D eigenvalue weighted by Crippen LogP contribution is -2.36. The van der Waals surface area contributed by atoms with Gasteiger partial charge in [-0.05, 0) is 33.2 Å². The van der Waals surface area contributed by atoms with Gasteiger partial charge in [0, 0.05) is 0 Å². The zero-order chi connectivity index (χ0) is 11.2. The average Bonchev–Trinajstić information content (AvgIpc) is 2.01. The molecule has 0 aromatic heterocycles. The summed E-state index contributed by atoms with van der Waals surface area (Å²) in [6, 6.07) is 0.0578. The third-order valence-corrected chi connectivity index (χ3v) is 2.41. The third-order valence-electron chi connectivity index (χ3n) is 2.41. The van der Waals surface area contributed by atoms with E-state index in [9.17, 15) is 4.79 Å². The van der Waals surface area contributed by atoms with Crippen molar-refractivity contribution in [3.8, 4) is 0 Å². The minimum Gasteiger partial charge on any atom is -0.331 e. The van der Waals surface area contributed by atoms with Gasteiger partial charge in [0.15, 0.2) is 0 Å². The average molecular weight is 201 g/mol. The predicted octanol–water partition coefficient (Wildman–Crippen LogP) is 1.04. The molecule has 1 unspecified atom stereocenters. The van der Waals surface area contributed by atoms with Crippen molar-refractivity contribution in [1.82, 2.24) is 5.32 Å². The molecule has 0 saturated carbocycles. The Morgan fingerprint density at radius 2 is 1.86 bits per heavy atom. The van der Waals surface area contributed by atoms with Crippen LogP contribution in [0.3, 0.4) is 0 Å². The largest absolute Gasteiger partial charge is 0.331 e. The standard InChI is InChI=1S/C11H25N2O/c1-10(14)11(12-2)8-6-7-9-13(3,4)5/h11-12H,6-9H2,1-5H3/q+1. The zero-order valence-electron chi connectivity index (χ0n) is 10.3. The molecule has 0 rings (SSSR count). The van der Waals surface area contributed by atoms with Gasteiger partial charge >= 0.3 is 0 Å². The lowest BCUT2D eigenvalue weighted by molar-refractivity contribution is -0.870. The van der Waals surface area contributed by atoms with Crippen molar-refractivity contribution >= 4 is 5.78 Å². The number of hydrogen-bond acceptors (Lipinski definition) is 2. The van der Waals surface area contributed by atoms with E-state index in [4.69, 9.17) is 0 Å². The van der Waals surface area contributed by atoms with Crippen molar-refractivity contribution in [1.29, 1.82) is 0 Å². The highest BCUT2D eigenvalue weighted by Crippen LogP contribution is 2.04. The molecule has 0 aliphatic heterocycles. The molecular weight excluding hydrogens is 176 g/mol. The highest BCUT2D eigenvalue weighted by Gasteiger charge is 2.12. The van der Waals surface area contributed by atoms with Crippen molar-refractivity contribution in [3.05, 3.63) is 0 Å². The van der Waals surface area contributed by atoms with Crippen LogP contribution in [0.4, 0.5) is 0 Å². The van der Waals surface area contributed by atoms with Gasteiger partial charge in [-0.25, -0.2) is 0 Å². The maximum absolute atomic E-state index is 11.1. The number of quaternary nitrogens is 1. The molecule has 0 bridgehead atoms. The van der Waals surface area contributed by atoms with E-state index >= 15 is 0 Å². The molecule has 3 heteroatoms.